The normalized spacial score (nSPS) is 24.8. The molecule has 0 spiro atoms. The third kappa shape index (κ3) is 3.24. The van der Waals surface area contributed by atoms with Crippen LogP contribution in [0, 0.1) is 5.92 Å². The molecule has 1 aliphatic carbocycles. The molecule has 0 aromatic carbocycles. The van der Waals surface area contributed by atoms with Gasteiger partial charge in [-0.05, 0) is 25.3 Å². The van der Waals surface area contributed by atoms with Crippen molar-refractivity contribution in [3.63, 3.8) is 0 Å². The molecule has 1 N–H and O–H groups in total. The molecule has 0 unspecified atom stereocenters. The number of carbonyl (C=O) groups excluding carboxylic acids is 2. The SMILES string of the molecule is COCCNC(=O)[C@H]1CCC(=O)N(C2CC2)[C@@H]1c1ccnn1C. The largest absolute Gasteiger partial charge is 0.383 e. The first-order chi connectivity index (χ1) is 11.1. The number of piperidine rings is 1. The minimum Gasteiger partial charge on any atom is -0.383 e. The van der Waals surface area contributed by atoms with Crippen LogP contribution in [0.15, 0.2) is 12.3 Å². The van der Waals surface area contributed by atoms with Gasteiger partial charge < -0.3 is 15.0 Å². The predicted octanol–water partition coefficient (Wildman–Crippen LogP) is 0.625. The van der Waals surface area contributed by atoms with Crippen LogP contribution in [0.5, 0.6) is 0 Å². The van der Waals surface area contributed by atoms with Crippen LogP contribution < -0.4 is 5.32 Å². The minimum absolute atomic E-state index is 0.00796. The van der Waals surface area contributed by atoms with Gasteiger partial charge in [-0.3, -0.25) is 14.3 Å². The molecular weight excluding hydrogens is 296 g/mol. The second-order valence-corrected chi connectivity index (χ2v) is 6.29. The van der Waals surface area contributed by atoms with Gasteiger partial charge in [0.15, 0.2) is 0 Å². The molecule has 1 saturated carbocycles. The van der Waals surface area contributed by atoms with E-state index in [1.165, 1.54) is 0 Å². The van der Waals surface area contributed by atoms with E-state index in [2.05, 4.69) is 10.4 Å². The van der Waals surface area contributed by atoms with Gasteiger partial charge in [0.1, 0.15) is 0 Å². The van der Waals surface area contributed by atoms with Gasteiger partial charge in [0.05, 0.1) is 24.3 Å². The number of aryl methyl sites for hydroxylation is 1. The molecule has 0 bridgehead atoms. The van der Waals surface area contributed by atoms with Crippen LogP contribution >= 0.6 is 0 Å². The average molecular weight is 320 g/mol. The molecule has 1 aromatic rings. The highest BCUT2D eigenvalue weighted by Gasteiger charge is 2.47. The van der Waals surface area contributed by atoms with Crippen LogP contribution in [0.2, 0.25) is 0 Å². The van der Waals surface area contributed by atoms with Crippen LogP contribution in [-0.4, -0.2) is 52.8 Å². The zero-order valence-corrected chi connectivity index (χ0v) is 13.7. The van der Waals surface area contributed by atoms with E-state index >= 15 is 0 Å². The first-order valence-corrected chi connectivity index (χ1v) is 8.19. The fourth-order valence-corrected chi connectivity index (χ4v) is 3.40. The van der Waals surface area contributed by atoms with Crippen molar-refractivity contribution < 1.29 is 14.3 Å². The zero-order chi connectivity index (χ0) is 16.4. The van der Waals surface area contributed by atoms with Gasteiger partial charge in [0, 0.05) is 39.4 Å². The molecule has 1 saturated heterocycles. The molecule has 1 aliphatic heterocycles. The molecule has 0 radical (unpaired) electrons. The summed E-state index contributed by atoms with van der Waals surface area (Å²) in [5.41, 5.74) is 0.928. The third-order valence-corrected chi connectivity index (χ3v) is 4.68. The summed E-state index contributed by atoms with van der Waals surface area (Å²) in [4.78, 5) is 27.0. The summed E-state index contributed by atoms with van der Waals surface area (Å²) in [6.45, 7) is 0.974. The lowest BCUT2D eigenvalue weighted by Crippen LogP contribution is -2.49. The zero-order valence-electron chi connectivity index (χ0n) is 13.7. The minimum atomic E-state index is -0.236. The standard InChI is InChI=1S/C16H24N4O3/c1-19-13(7-8-18-19)15-12(16(22)17-9-10-23-2)5-6-14(21)20(15)11-3-4-11/h7-8,11-12,15H,3-6,9-10H2,1-2H3,(H,17,22)/t12-,15-/m0/s1. The van der Waals surface area contributed by atoms with E-state index in [0.29, 0.717) is 26.0 Å². The Bertz CT molecular complexity index is 582. The van der Waals surface area contributed by atoms with Gasteiger partial charge in [-0.25, -0.2) is 0 Å². The number of nitrogens with one attached hydrogen (secondary N) is 1. The van der Waals surface area contributed by atoms with E-state index in [0.717, 1.165) is 18.5 Å². The van der Waals surface area contributed by atoms with Crippen LogP contribution in [0.4, 0.5) is 0 Å². The number of hydrogen-bond acceptors (Lipinski definition) is 4. The molecule has 7 nitrogen and oxygen atoms in total. The number of aromatic nitrogens is 2. The Morgan fingerprint density at radius 2 is 2.22 bits per heavy atom. The summed E-state index contributed by atoms with van der Waals surface area (Å²) in [6, 6.07) is 1.96. The van der Waals surface area contributed by atoms with E-state index in [9.17, 15) is 9.59 Å². The average Bonchev–Trinajstić information content (AvgIpc) is 3.28. The fourth-order valence-electron chi connectivity index (χ4n) is 3.40. The van der Waals surface area contributed by atoms with Crippen molar-refractivity contribution in [3.05, 3.63) is 18.0 Å². The van der Waals surface area contributed by atoms with Crippen molar-refractivity contribution >= 4 is 11.8 Å². The number of likely N-dealkylation sites (tertiary alicyclic amines) is 1. The molecule has 2 amide bonds. The monoisotopic (exact) mass is 320 g/mol. The Morgan fingerprint density at radius 1 is 1.43 bits per heavy atom. The first kappa shape index (κ1) is 16.0. The maximum absolute atomic E-state index is 12.7. The number of hydrogen-bond donors (Lipinski definition) is 1. The van der Waals surface area contributed by atoms with Crippen molar-refractivity contribution in [2.75, 3.05) is 20.3 Å². The molecular formula is C16H24N4O3. The van der Waals surface area contributed by atoms with Gasteiger partial charge in [-0.1, -0.05) is 0 Å². The third-order valence-electron chi connectivity index (χ3n) is 4.68. The number of ether oxygens (including phenoxy) is 1. The van der Waals surface area contributed by atoms with Gasteiger partial charge in [0.25, 0.3) is 0 Å². The fraction of sp³-hybridized carbons (Fsp3) is 0.688. The van der Waals surface area contributed by atoms with Crippen LogP contribution in [0.3, 0.4) is 0 Å². The molecule has 2 heterocycles. The molecule has 3 rings (SSSR count). The topological polar surface area (TPSA) is 76.5 Å². The molecule has 1 aromatic heterocycles. The van der Waals surface area contributed by atoms with E-state index in [1.54, 1.807) is 18.0 Å². The highest BCUT2D eigenvalue weighted by atomic mass is 16.5. The number of carbonyl (C=O) groups is 2. The second kappa shape index (κ2) is 6.70. The van der Waals surface area contributed by atoms with E-state index in [-0.39, 0.29) is 29.8 Å². The quantitative estimate of drug-likeness (QED) is 0.780. The Kier molecular flexibility index (Phi) is 4.66. The van der Waals surface area contributed by atoms with E-state index in [1.807, 2.05) is 18.0 Å². The van der Waals surface area contributed by atoms with Crippen molar-refractivity contribution in [2.45, 2.75) is 37.8 Å². The number of methoxy groups -OCH3 is 1. The van der Waals surface area contributed by atoms with Crippen molar-refractivity contribution in [1.82, 2.24) is 20.0 Å². The van der Waals surface area contributed by atoms with Crippen LogP contribution in [-0.2, 0) is 21.4 Å². The second-order valence-electron chi connectivity index (χ2n) is 6.29. The van der Waals surface area contributed by atoms with E-state index < -0.39 is 0 Å². The highest BCUT2D eigenvalue weighted by molar-refractivity contribution is 5.85. The Labute approximate surface area is 136 Å². The number of rotatable bonds is 6. The van der Waals surface area contributed by atoms with Crippen molar-refractivity contribution in [3.8, 4) is 0 Å². The summed E-state index contributed by atoms with van der Waals surface area (Å²) < 4.78 is 6.76. The predicted molar refractivity (Wildman–Crippen MR) is 83.4 cm³/mol. The molecule has 2 fully saturated rings. The maximum atomic E-state index is 12.7. The van der Waals surface area contributed by atoms with Gasteiger partial charge >= 0.3 is 0 Å². The number of nitrogens with zero attached hydrogens (tertiary/aromatic N) is 3. The highest BCUT2D eigenvalue weighted by Crippen LogP contribution is 2.43. The lowest BCUT2D eigenvalue weighted by Gasteiger charge is -2.40. The maximum Gasteiger partial charge on any atom is 0.225 e. The van der Waals surface area contributed by atoms with E-state index in [4.69, 9.17) is 4.74 Å². The summed E-state index contributed by atoms with van der Waals surface area (Å²) in [5, 5.41) is 7.16. The lowest BCUT2D eigenvalue weighted by atomic mass is 9.85. The Hall–Kier alpha value is -1.89. The van der Waals surface area contributed by atoms with Crippen LogP contribution in [0.25, 0.3) is 0 Å². The van der Waals surface area contributed by atoms with Gasteiger partial charge in [0.2, 0.25) is 11.8 Å². The molecule has 126 valence electrons. The summed E-state index contributed by atoms with van der Waals surface area (Å²) in [6.07, 6.45) is 4.79. The summed E-state index contributed by atoms with van der Waals surface area (Å²) in [7, 11) is 3.47. The molecule has 7 heteroatoms. The smallest absolute Gasteiger partial charge is 0.225 e. The number of amides is 2. The summed E-state index contributed by atoms with van der Waals surface area (Å²) in [5.74, 6) is -0.0911. The van der Waals surface area contributed by atoms with Gasteiger partial charge in [-0.15, -0.1) is 0 Å². The molecule has 2 aliphatic rings. The molecule has 23 heavy (non-hydrogen) atoms. The van der Waals surface area contributed by atoms with Crippen LogP contribution in [0.1, 0.15) is 37.4 Å². The first-order valence-electron chi connectivity index (χ1n) is 8.19. The summed E-state index contributed by atoms with van der Waals surface area (Å²) >= 11 is 0. The molecule has 2 atom stereocenters. The lowest BCUT2D eigenvalue weighted by molar-refractivity contribution is -0.144. The Balaban J connectivity index is 1.85. The van der Waals surface area contributed by atoms with Crippen molar-refractivity contribution in [1.29, 1.82) is 0 Å². The Morgan fingerprint density at radius 3 is 2.83 bits per heavy atom. The van der Waals surface area contributed by atoms with Crippen molar-refractivity contribution in [2.24, 2.45) is 13.0 Å². The van der Waals surface area contributed by atoms with Gasteiger partial charge in [-0.2, -0.15) is 5.10 Å².